The van der Waals surface area contributed by atoms with Gasteiger partial charge in [-0.3, -0.25) is 4.79 Å². The molecule has 0 aliphatic carbocycles. The molecule has 0 unspecified atom stereocenters. The number of rotatable bonds is 18. The van der Waals surface area contributed by atoms with Gasteiger partial charge in [0.05, 0.1) is 6.61 Å². The fourth-order valence-electron chi connectivity index (χ4n) is 3.37. The number of phenolic OH excluding ortho intramolecular Hbond substituents is 1. The Bertz CT molecular complexity index is 458. The molecule has 0 amide bonds. The van der Waals surface area contributed by atoms with Crippen LogP contribution >= 0.6 is 0 Å². The molecule has 3 heteroatoms. The van der Waals surface area contributed by atoms with E-state index in [1.165, 1.54) is 96.3 Å². The molecule has 0 heterocycles. The number of carbonyl (C=O) groups excluding carboxylic acids is 1. The summed E-state index contributed by atoms with van der Waals surface area (Å²) >= 11 is 0. The number of phenols is 1. The zero-order valence-corrected chi connectivity index (χ0v) is 19.9. The predicted molar refractivity (Wildman–Crippen MR) is 129 cm³/mol. The minimum Gasteiger partial charge on any atom is -0.508 e. The van der Waals surface area contributed by atoms with E-state index in [1.54, 1.807) is 24.3 Å². The Hall–Kier alpha value is -1.51. The van der Waals surface area contributed by atoms with Gasteiger partial charge in [-0.05, 0) is 18.6 Å². The molecule has 174 valence electrons. The van der Waals surface area contributed by atoms with Gasteiger partial charge in [0, 0.05) is 6.42 Å². The predicted octanol–water partition coefficient (Wildman–Crippen LogP) is 8.59. The molecule has 0 atom stereocenters. The summed E-state index contributed by atoms with van der Waals surface area (Å²) < 4.78 is 5.07. The number of aromatic hydroxyl groups is 1. The van der Waals surface area contributed by atoms with Crippen molar-refractivity contribution in [3.63, 3.8) is 0 Å². The second-order valence-electron chi connectivity index (χ2n) is 8.21. The summed E-state index contributed by atoms with van der Waals surface area (Å²) in [4.78, 5) is 10.9. The van der Waals surface area contributed by atoms with E-state index >= 15 is 0 Å². The molecule has 0 spiro atoms. The molecule has 0 aromatic heterocycles. The molecule has 0 saturated heterocycles. The highest BCUT2D eigenvalue weighted by Crippen LogP contribution is 2.13. The fourth-order valence-corrected chi connectivity index (χ4v) is 3.37. The molecule has 1 rings (SSSR count). The molecule has 0 radical (unpaired) electrons. The summed E-state index contributed by atoms with van der Waals surface area (Å²) in [5.41, 5.74) is 0. The van der Waals surface area contributed by atoms with Crippen LogP contribution in [0, 0.1) is 0 Å². The number of benzene rings is 1. The van der Waals surface area contributed by atoms with Gasteiger partial charge in [0.2, 0.25) is 0 Å². The highest BCUT2D eigenvalue weighted by molar-refractivity contribution is 5.68. The average Bonchev–Trinajstić information content (AvgIpc) is 2.76. The van der Waals surface area contributed by atoms with Crippen LogP contribution in [-0.4, -0.2) is 17.7 Å². The quantitative estimate of drug-likeness (QED) is 0.191. The number of hydrogen-bond acceptors (Lipinski definition) is 3. The summed E-state index contributed by atoms with van der Waals surface area (Å²) in [5.74, 6) is 0.258. The monoisotopic (exact) mass is 420 g/mol. The van der Waals surface area contributed by atoms with Gasteiger partial charge in [-0.25, -0.2) is 0 Å². The molecular formula is C27H48O3. The van der Waals surface area contributed by atoms with E-state index in [0.29, 0.717) is 18.8 Å². The lowest BCUT2D eigenvalue weighted by Crippen LogP contribution is -2.03. The summed E-state index contributed by atoms with van der Waals surface area (Å²) in [7, 11) is 0. The van der Waals surface area contributed by atoms with E-state index in [1.807, 2.05) is 13.0 Å². The van der Waals surface area contributed by atoms with Gasteiger partial charge in [0.15, 0.2) is 0 Å². The second kappa shape index (κ2) is 23.8. The number of unbranched alkanes of at least 4 members (excludes halogenated alkanes) is 15. The van der Waals surface area contributed by atoms with Crippen molar-refractivity contribution < 1.29 is 14.6 Å². The normalized spacial score (nSPS) is 10.3. The number of ether oxygens (including phenoxy) is 1. The molecule has 0 fully saturated rings. The van der Waals surface area contributed by atoms with E-state index in [0.717, 1.165) is 6.42 Å². The lowest BCUT2D eigenvalue weighted by Gasteiger charge is -2.04. The lowest BCUT2D eigenvalue weighted by molar-refractivity contribution is -0.143. The van der Waals surface area contributed by atoms with Crippen LogP contribution in [0.15, 0.2) is 30.3 Å². The highest BCUT2D eigenvalue weighted by atomic mass is 16.5. The zero-order valence-electron chi connectivity index (χ0n) is 19.9. The number of carbonyl (C=O) groups is 1. The zero-order chi connectivity index (χ0) is 22.1. The van der Waals surface area contributed by atoms with Crippen molar-refractivity contribution in [1.29, 1.82) is 0 Å². The van der Waals surface area contributed by atoms with Crippen molar-refractivity contribution in [1.82, 2.24) is 0 Å². The maximum atomic E-state index is 10.9. The van der Waals surface area contributed by atoms with Crippen molar-refractivity contribution in [2.45, 2.75) is 123 Å². The molecule has 0 saturated carbocycles. The number of esters is 1. The van der Waals surface area contributed by atoms with Crippen LogP contribution in [0.5, 0.6) is 5.75 Å². The Morgan fingerprint density at radius 2 is 1.07 bits per heavy atom. The second-order valence-corrected chi connectivity index (χ2v) is 8.21. The first-order chi connectivity index (χ1) is 14.7. The summed E-state index contributed by atoms with van der Waals surface area (Å²) in [6.07, 6.45) is 22.5. The molecule has 0 aliphatic rings. The van der Waals surface area contributed by atoms with Crippen molar-refractivity contribution in [3.8, 4) is 5.75 Å². The minimum absolute atomic E-state index is 0.0639. The minimum atomic E-state index is -0.0639. The maximum absolute atomic E-state index is 10.9. The van der Waals surface area contributed by atoms with E-state index < -0.39 is 0 Å². The summed E-state index contributed by atoms with van der Waals surface area (Å²) in [6, 6.07) is 8.71. The summed E-state index contributed by atoms with van der Waals surface area (Å²) in [5, 5.41) is 8.63. The van der Waals surface area contributed by atoms with Crippen molar-refractivity contribution >= 4 is 5.97 Å². The van der Waals surface area contributed by atoms with Gasteiger partial charge >= 0.3 is 5.97 Å². The largest absolute Gasteiger partial charge is 0.508 e. The number of hydrogen-bond donors (Lipinski definition) is 1. The molecule has 1 aromatic rings. The molecule has 1 N–H and O–H groups in total. The van der Waals surface area contributed by atoms with Crippen LogP contribution in [0.25, 0.3) is 0 Å². The van der Waals surface area contributed by atoms with Crippen LogP contribution in [0.4, 0.5) is 0 Å². The first-order valence-electron chi connectivity index (χ1n) is 12.6. The van der Waals surface area contributed by atoms with E-state index in [-0.39, 0.29) is 5.97 Å². The molecule has 0 bridgehead atoms. The van der Waals surface area contributed by atoms with Crippen LogP contribution < -0.4 is 0 Å². The third-order valence-electron chi connectivity index (χ3n) is 5.31. The van der Waals surface area contributed by atoms with Gasteiger partial charge in [0.25, 0.3) is 0 Å². The lowest BCUT2D eigenvalue weighted by atomic mass is 10.0. The van der Waals surface area contributed by atoms with E-state index in [4.69, 9.17) is 9.84 Å². The first-order valence-corrected chi connectivity index (χ1v) is 12.6. The fraction of sp³-hybridized carbons (Fsp3) is 0.741. The van der Waals surface area contributed by atoms with Gasteiger partial charge in [-0.15, -0.1) is 0 Å². The SMILES string of the molecule is CCCCCCCCCCCCCCCCCCOC(=O)CC.Oc1ccccc1. The van der Waals surface area contributed by atoms with Gasteiger partial charge in [-0.2, -0.15) is 0 Å². The van der Waals surface area contributed by atoms with Gasteiger partial charge in [0.1, 0.15) is 5.75 Å². The summed E-state index contributed by atoms with van der Waals surface area (Å²) in [6.45, 7) is 4.74. The van der Waals surface area contributed by atoms with Crippen molar-refractivity contribution in [3.05, 3.63) is 30.3 Å². The van der Waals surface area contributed by atoms with E-state index in [2.05, 4.69) is 6.92 Å². The Kier molecular flexibility index (Phi) is 22.6. The smallest absolute Gasteiger partial charge is 0.305 e. The van der Waals surface area contributed by atoms with Crippen LogP contribution in [0.1, 0.15) is 123 Å². The average molecular weight is 421 g/mol. The maximum Gasteiger partial charge on any atom is 0.305 e. The van der Waals surface area contributed by atoms with Crippen LogP contribution in [-0.2, 0) is 9.53 Å². The van der Waals surface area contributed by atoms with Crippen molar-refractivity contribution in [2.24, 2.45) is 0 Å². The Labute approximate surface area is 186 Å². The molecular weight excluding hydrogens is 372 g/mol. The Balaban J connectivity index is 0.000001000. The molecule has 30 heavy (non-hydrogen) atoms. The highest BCUT2D eigenvalue weighted by Gasteiger charge is 1.97. The van der Waals surface area contributed by atoms with Gasteiger partial charge in [-0.1, -0.05) is 128 Å². The standard InChI is InChI=1S/C21H42O2.C6H6O/c1-3-5-6-7-8-9-10-11-12-13-14-15-16-17-18-19-20-23-21(22)4-2;7-6-4-2-1-3-5-6/h3-20H2,1-2H3;1-5,7H. The Morgan fingerprint density at radius 3 is 1.40 bits per heavy atom. The topological polar surface area (TPSA) is 46.5 Å². The third kappa shape index (κ3) is 22.8. The van der Waals surface area contributed by atoms with Crippen LogP contribution in [0.2, 0.25) is 0 Å². The van der Waals surface area contributed by atoms with Crippen molar-refractivity contribution in [2.75, 3.05) is 6.61 Å². The third-order valence-corrected chi connectivity index (χ3v) is 5.31. The van der Waals surface area contributed by atoms with Crippen LogP contribution in [0.3, 0.4) is 0 Å². The Morgan fingerprint density at radius 1 is 0.667 bits per heavy atom. The molecule has 3 nitrogen and oxygen atoms in total. The first kappa shape index (κ1) is 28.5. The molecule has 1 aromatic carbocycles. The van der Waals surface area contributed by atoms with E-state index in [9.17, 15) is 4.79 Å². The number of para-hydroxylation sites is 1. The van der Waals surface area contributed by atoms with Gasteiger partial charge < -0.3 is 9.84 Å². The molecule has 0 aliphatic heterocycles.